The van der Waals surface area contributed by atoms with Gasteiger partial charge in [0.25, 0.3) is 0 Å². The van der Waals surface area contributed by atoms with E-state index in [9.17, 15) is 4.79 Å². The number of carbonyl (C=O) groups is 1. The van der Waals surface area contributed by atoms with E-state index in [1.54, 1.807) is 0 Å². The van der Waals surface area contributed by atoms with Crippen LogP contribution in [0.25, 0.3) is 0 Å². The molecular formula is C12H18ClN3O. The number of rotatable bonds is 2. The summed E-state index contributed by atoms with van der Waals surface area (Å²) in [7, 11) is 1.91. The van der Waals surface area contributed by atoms with Crippen LogP contribution in [0, 0.1) is 12.8 Å². The molecule has 0 aliphatic carbocycles. The maximum Gasteiger partial charge on any atom is 0.138 e. The van der Waals surface area contributed by atoms with Crippen LogP contribution in [0.1, 0.15) is 24.7 Å². The number of aromatic nitrogens is 2. The second-order valence-corrected chi connectivity index (χ2v) is 5.20. The third kappa shape index (κ3) is 2.53. The molecule has 1 fully saturated rings. The smallest absolute Gasteiger partial charge is 0.138 e. The Morgan fingerprint density at radius 1 is 1.53 bits per heavy atom. The number of likely N-dealkylation sites (tertiary alicyclic amines) is 1. The van der Waals surface area contributed by atoms with Gasteiger partial charge in [-0.25, -0.2) is 0 Å². The molecule has 1 atom stereocenters. The lowest BCUT2D eigenvalue weighted by Gasteiger charge is -2.29. The fourth-order valence-corrected chi connectivity index (χ4v) is 2.52. The molecule has 2 rings (SSSR count). The van der Waals surface area contributed by atoms with Crippen molar-refractivity contribution in [2.45, 2.75) is 26.8 Å². The Hall–Kier alpha value is -0.870. The molecule has 0 radical (unpaired) electrons. The predicted octanol–water partition coefficient (Wildman–Crippen LogP) is 1.79. The number of aryl methyl sites for hydroxylation is 2. The van der Waals surface area contributed by atoms with Gasteiger partial charge < -0.3 is 0 Å². The SMILES string of the molecule is Cc1nn(C)c(CN2CCC(=O)C(C)C2)c1Cl. The Morgan fingerprint density at radius 2 is 2.24 bits per heavy atom. The minimum Gasteiger partial charge on any atom is -0.299 e. The van der Waals surface area contributed by atoms with Crippen molar-refractivity contribution >= 4 is 17.4 Å². The van der Waals surface area contributed by atoms with Crippen molar-refractivity contribution in [1.82, 2.24) is 14.7 Å². The summed E-state index contributed by atoms with van der Waals surface area (Å²) < 4.78 is 1.83. The zero-order valence-corrected chi connectivity index (χ0v) is 11.3. The number of hydrogen-bond donors (Lipinski definition) is 0. The number of carbonyl (C=O) groups excluding carboxylic acids is 1. The lowest BCUT2D eigenvalue weighted by molar-refractivity contribution is -0.125. The van der Waals surface area contributed by atoms with E-state index in [0.29, 0.717) is 12.2 Å². The minimum absolute atomic E-state index is 0.136. The van der Waals surface area contributed by atoms with Gasteiger partial charge in [0, 0.05) is 39.0 Å². The monoisotopic (exact) mass is 255 g/mol. The summed E-state index contributed by atoms with van der Waals surface area (Å²) in [4.78, 5) is 13.7. The largest absolute Gasteiger partial charge is 0.299 e. The van der Waals surface area contributed by atoms with Gasteiger partial charge in [0.15, 0.2) is 0 Å². The molecule has 1 aliphatic heterocycles. The van der Waals surface area contributed by atoms with Crippen molar-refractivity contribution in [2.24, 2.45) is 13.0 Å². The summed E-state index contributed by atoms with van der Waals surface area (Å²) in [6.07, 6.45) is 0.648. The number of halogens is 1. The van der Waals surface area contributed by atoms with Gasteiger partial charge in [-0.15, -0.1) is 0 Å². The highest BCUT2D eigenvalue weighted by Crippen LogP contribution is 2.22. The van der Waals surface area contributed by atoms with Crippen molar-refractivity contribution in [3.05, 3.63) is 16.4 Å². The van der Waals surface area contributed by atoms with Gasteiger partial charge in [0.05, 0.1) is 16.4 Å². The van der Waals surface area contributed by atoms with Gasteiger partial charge >= 0.3 is 0 Å². The highest BCUT2D eigenvalue weighted by Gasteiger charge is 2.25. The van der Waals surface area contributed by atoms with Crippen LogP contribution in [-0.4, -0.2) is 33.6 Å². The second-order valence-electron chi connectivity index (χ2n) is 4.82. The van der Waals surface area contributed by atoms with Gasteiger partial charge in [-0.05, 0) is 6.92 Å². The number of piperidine rings is 1. The van der Waals surface area contributed by atoms with E-state index in [4.69, 9.17) is 11.6 Å². The third-order valence-electron chi connectivity index (χ3n) is 3.39. The molecule has 1 aromatic heterocycles. The maximum atomic E-state index is 11.5. The van der Waals surface area contributed by atoms with Crippen LogP contribution in [0.5, 0.6) is 0 Å². The number of nitrogens with zero attached hydrogens (tertiary/aromatic N) is 3. The third-order valence-corrected chi connectivity index (χ3v) is 3.88. The summed E-state index contributed by atoms with van der Waals surface area (Å²) in [5.74, 6) is 0.505. The van der Waals surface area contributed by atoms with E-state index in [2.05, 4.69) is 10.00 Å². The summed E-state index contributed by atoms with van der Waals surface area (Å²) in [5, 5.41) is 5.05. The van der Waals surface area contributed by atoms with Crippen LogP contribution in [0.4, 0.5) is 0 Å². The first-order valence-corrected chi connectivity index (χ1v) is 6.30. The molecule has 1 aliphatic rings. The van der Waals surface area contributed by atoms with Crippen LogP contribution in [0.2, 0.25) is 5.02 Å². The predicted molar refractivity (Wildman–Crippen MR) is 67.0 cm³/mol. The standard InChI is InChI=1S/C12H18ClN3O/c1-8-6-16(5-4-11(8)17)7-10-12(13)9(2)14-15(10)3/h8H,4-7H2,1-3H3. The van der Waals surface area contributed by atoms with Crippen molar-refractivity contribution in [2.75, 3.05) is 13.1 Å². The minimum atomic E-state index is 0.136. The molecule has 0 bridgehead atoms. The van der Waals surface area contributed by atoms with E-state index in [1.165, 1.54) is 0 Å². The average molecular weight is 256 g/mol. The fourth-order valence-electron chi connectivity index (χ4n) is 2.30. The zero-order valence-electron chi connectivity index (χ0n) is 10.5. The van der Waals surface area contributed by atoms with Gasteiger partial charge in [-0.1, -0.05) is 18.5 Å². The Kier molecular flexibility index (Phi) is 3.54. The van der Waals surface area contributed by atoms with Crippen molar-refractivity contribution in [1.29, 1.82) is 0 Å². The van der Waals surface area contributed by atoms with E-state index in [-0.39, 0.29) is 5.92 Å². The molecule has 94 valence electrons. The molecule has 4 nitrogen and oxygen atoms in total. The molecule has 0 amide bonds. The van der Waals surface area contributed by atoms with E-state index in [0.717, 1.165) is 36.0 Å². The molecule has 0 spiro atoms. The second kappa shape index (κ2) is 4.78. The van der Waals surface area contributed by atoms with Gasteiger partial charge in [-0.3, -0.25) is 14.4 Å². The summed E-state index contributed by atoms with van der Waals surface area (Å²) in [5.41, 5.74) is 1.90. The highest BCUT2D eigenvalue weighted by atomic mass is 35.5. The Balaban J connectivity index is 2.09. The van der Waals surface area contributed by atoms with Crippen LogP contribution in [0.3, 0.4) is 0 Å². The van der Waals surface area contributed by atoms with Crippen LogP contribution < -0.4 is 0 Å². The summed E-state index contributed by atoms with van der Waals surface area (Å²) in [6.45, 7) is 6.32. The van der Waals surface area contributed by atoms with Crippen LogP contribution in [-0.2, 0) is 18.4 Å². The summed E-state index contributed by atoms with van der Waals surface area (Å²) in [6, 6.07) is 0. The molecule has 5 heteroatoms. The van der Waals surface area contributed by atoms with Crippen LogP contribution in [0.15, 0.2) is 0 Å². The number of hydrogen-bond acceptors (Lipinski definition) is 3. The van der Waals surface area contributed by atoms with Crippen LogP contribution >= 0.6 is 11.6 Å². The van der Waals surface area contributed by atoms with Crippen molar-refractivity contribution in [3.63, 3.8) is 0 Å². The first-order chi connectivity index (χ1) is 7.99. The Labute approximate surface area is 107 Å². The van der Waals surface area contributed by atoms with Crippen molar-refractivity contribution < 1.29 is 4.79 Å². The van der Waals surface area contributed by atoms with Gasteiger partial charge in [-0.2, -0.15) is 5.10 Å². The molecule has 2 heterocycles. The topological polar surface area (TPSA) is 38.1 Å². The molecule has 0 N–H and O–H groups in total. The average Bonchev–Trinajstić information content (AvgIpc) is 2.50. The van der Waals surface area contributed by atoms with Crippen molar-refractivity contribution in [3.8, 4) is 0 Å². The molecular weight excluding hydrogens is 238 g/mol. The lowest BCUT2D eigenvalue weighted by atomic mass is 9.98. The highest BCUT2D eigenvalue weighted by molar-refractivity contribution is 6.31. The molecule has 0 aromatic carbocycles. The molecule has 0 saturated carbocycles. The molecule has 1 unspecified atom stereocenters. The number of Topliss-reactive ketones (excluding diaryl/α,β-unsaturated/α-hetero) is 1. The van der Waals surface area contributed by atoms with E-state index in [1.807, 2.05) is 25.6 Å². The number of ketones is 1. The first kappa shape index (κ1) is 12.6. The Morgan fingerprint density at radius 3 is 2.76 bits per heavy atom. The molecule has 1 saturated heterocycles. The summed E-state index contributed by atoms with van der Waals surface area (Å²) >= 11 is 6.22. The Bertz CT molecular complexity index is 441. The normalized spacial score (nSPS) is 22.1. The first-order valence-electron chi connectivity index (χ1n) is 5.92. The molecule has 1 aromatic rings. The van der Waals surface area contributed by atoms with Gasteiger partial charge in [0.1, 0.15) is 5.78 Å². The lowest BCUT2D eigenvalue weighted by Crippen LogP contribution is -2.39. The van der Waals surface area contributed by atoms with E-state index < -0.39 is 0 Å². The maximum absolute atomic E-state index is 11.5. The zero-order chi connectivity index (χ0) is 12.6. The van der Waals surface area contributed by atoms with E-state index >= 15 is 0 Å². The quantitative estimate of drug-likeness (QED) is 0.809. The fraction of sp³-hybridized carbons (Fsp3) is 0.667. The molecule has 17 heavy (non-hydrogen) atoms. The van der Waals surface area contributed by atoms with Gasteiger partial charge in [0.2, 0.25) is 0 Å².